The van der Waals surface area contributed by atoms with Crippen LogP contribution in [-0.4, -0.2) is 30.8 Å². The lowest BCUT2D eigenvalue weighted by atomic mass is 9.99. The lowest BCUT2D eigenvalue weighted by molar-refractivity contribution is -0.154. The third-order valence-corrected chi connectivity index (χ3v) is 3.26. The highest BCUT2D eigenvalue weighted by Gasteiger charge is 2.29. The maximum atomic E-state index is 12.1. The third-order valence-electron chi connectivity index (χ3n) is 3.26. The topological polar surface area (TPSA) is 64.6 Å². The summed E-state index contributed by atoms with van der Waals surface area (Å²) in [7, 11) is 0. The van der Waals surface area contributed by atoms with E-state index in [1.165, 1.54) is 0 Å². The SMILES string of the molecule is CCOC(=O)NC(C(=O)O[C@@H](C)C(C)C)C(C)CC. The van der Waals surface area contributed by atoms with Gasteiger partial charge in [0.1, 0.15) is 12.1 Å². The second-order valence-corrected chi connectivity index (χ2v) is 5.11. The minimum absolute atomic E-state index is 0.00346. The lowest BCUT2D eigenvalue weighted by Crippen LogP contribution is -2.47. The highest BCUT2D eigenvalue weighted by Crippen LogP contribution is 2.13. The molecule has 0 aliphatic carbocycles. The van der Waals surface area contributed by atoms with Gasteiger partial charge in [0.05, 0.1) is 6.61 Å². The molecule has 0 bridgehead atoms. The number of nitrogens with one attached hydrogen (secondary N) is 1. The van der Waals surface area contributed by atoms with Crippen LogP contribution in [0.3, 0.4) is 0 Å². The van der Waals surface area contributed by atoms with Crippen molar-refractivity contribution in [1.82, 2.24) is 5.32 Å². The zero-order chi connectivity index (χ0) is 15.0. The average Bonchev–Trinajstić information content (AvgIpc) is 2.34. The lowest BCUT2D eigenvalue weighted by Gasteiger charge is -2.25. The van der Waals surface area contributed by atoms with Gasteiger partial charge in [-0.05, 0) is 25.7 Å². The molecule has 0 spiro atoms. The van der Waals surface area contributed by atoms with Gasteiger partial charge in [0.2, 0.25) is 0 Å². The molecule has 3 atom stereocenters. The van der Waals surface area contributed by atoms with Crippen LogP contribution >= 0.6 is 0 Å². The Balaban J connectivity index is 4.65. The van der Waals surface area contributed by atoms with Crippen molar-refractivity contribution in [2.45, 2.75) is 60.1 Å². The van der Waals surface area contributed by atoms with Gasteiger partial charge in [-0.15, -0.1) is 0 Å². The van der Waals surface area contributed by atoms with E-state index in [1.54, 1.807) is 6.92 Å². The molecule has 5 heteroatoms. The first kappa shape index (κ1) is 17.7. The monoisotopic (exact) mass is 273 g/mol. The molecule has 0 saturated carbocycles. The normalized spacial score (nSPS) is 15.5. The molecule has 0 aromatic carbocycles. The molecule has 0 aliphatic rings. The Morgan fingerprint density at radius 3 is 2.11 bits per heavy atom. The first-order valence-electron chi connectivity index (χ1n) is 6.97. The van der Waals surface area contributed by atoms with E-state index < -0.39 is 18.1 Å². The molecule has 0 fully saturated rings. The van der Waals surface area contributed by atoms with Gasteiger partial charge in [0, 0.05) is 0 Å². The quantitative estimate of drug-likeness (QED) is 0.724. The maximum Gasteiger partial charge on any atom is 0.407 e. The Bertz CT molecular complexity index is 291. The zero-order valence-corrected chi connectivity index (χ0v) is 12.9. The molecule has 5 nitrogen and oxygen atoms in total. The highest BCUT2D eigenvalue weighted by molar-refractivity contribution is 5.81. The van der Waals surface area contributed by atoms with Crippen molar-refractivity contribution in [2.75, 3.05) is 6.61 Å². The number of rotatable bonds is 7. The number of esters is 1. The molecule has 19 heavy (non-hydrogen) atoms. The summed E-state index contributed by atoms with van der Waals surface area (Å²) >= 11 is 0. The van der Waals surface area contributed by atoms with Gasteiger partial charge in [-0.1, -0.05) is 34.1 Å². The summed E-state index contributed by atoms with van der Waals surface area (Å²) in [5, 5.41) is 2.58. The van der Waals surface area contributed by atoms with Crippen molar-refractivity contribution >= 4 is 12.1 Å². The number of hydrogen-bond donors (Lipinski definition) is 1. The largest absolute Gasteiger partial charge is 0.461 e. The van der Waals surface area contributed by atoms with Crippen LogP contribution in [0, 0.1) is 11.8 Å². The Morgan fingerprint density at radius 2 is 1.68 bits per heavy atom. The van der Waals surface area contributed by atoms with E-state index in [0.29, 0.717) is 0 Å². The van der Waals surface area contributed by atoms with Crippen LogP contribution in [0.4, 0.5) is 4.79 Å². The number of ether oxygens (including phenoxy) is 2. The predicted molar refractivity (Wildman–Crippen MR) is 73.8 cm³/mol. The van der Waals surface area contributed by atoms with Crippen molar-refractivity contribution in [3.63, 3.8) is 0 Å². The maximum absolute atomic E-state index is 12.1. The molecule has 0 heterocycles. The van der Waals surface area contributed by atoms with Crippen molar-refractivity contribution < 1.29 is 19.1 Å². The van der Waals surface area contributed by atoms with Gasteiger partial charge in [0.15, 0.2) is 0 Å². The molecular formula is C14H27NO4. The molecule has 0 aliphatic heterocycles. The van der Waals surface area contributed by atoms with E-state index >= 15 is 0 Å². The van der Waals surface area contributed by atoms with Crippen molar-refractivity contribution in [1.29, 1.82) is 0 Å². The Morgan fingerprint density at radius 1 is 1.11 bits per heavy atom. The summed E-state index contributed by atoms with van der Waals surface area (Å²) in [6.45, 7) is 11.7. The molecule has 0 radical (unpaired) electrons. The van der Waals surface area contributed by atoms with E-state index in [1.807, 2.05) is 34.6 Å². The summed E-state index contributed by atoms with van der Waals surface area (Å²) in [6.07, 6.45) is 0.00684. The van der Waals surface area contributed by atoms with E-state index in [4.69, 9.17) is 9.47 Å². The first-order chi connectivity index (χ1) is 8.83. The van der Waals surface area contributed by atoms with Crippen molar-refractivity contribution in [3.8, 4) is 0 Å². The van der Waals surface area contributed by atoms with Crippen molar-refractivity contribution in [2.24, 2.45) is 11.8 Å². The number of carbonyl (C=O) groups is 2. The van der Waals surface area contributed by atoms with Crippen LogP contribution < -0.4 is 5.32 Å². The van der Waals surface area contributed by atoms with Gasteiger partial charge in [-0.25, -0.2) is 9.59 Å². The van der Waals surface area contributed by atoms with E-state index in [0.717, 1.165) is 6.42 Å². The van der Waals surface area contributed by atoms with E-state index in [2.05, 4.69) is 5.32 Å². The van der Waals surface area contributed by atoms with Gasteiger partial charge in [-0.3, -0.25) is 0 Å². The molecule has 2 unspecified atom stereocenters. The predicted octanol–water partition coefficient (Wildman–Crippen LogP) is 2.73. The molecular weight excluding hydrogens is 246 g/mol. The highest BCUT2D eigenvalue weighted by atomic mass is 16.6. The molecule has 0 aromatic heterocycles. The standard InChI is InChI=1S/C14H27NO4/c1-7-10(5)12(15-14(17)18-8-2)13(16)19-11(6)9(3)4/h9-12H,7-8H2,1-6H3,(H,15,17)/t10?,11-,12?/m0/s1. The second-order valence-electron chi connectivity index (χ2n) is 5.11. The molecule has 0 saturated heterocycles. The minimum Gasteiger partial charge on any atom is -0.461 e. The molecule has 0 rings (SSSR count). The van der Waals surface area contributed by atoms with E-state index in [9.17, 15) is 9.59 Å². The molecule has 1 amide bonds. The zero-order valence-electron chi connectivity index (χ0n) is 12.9. The van der Waals surface area contributed by atoms with Gasteiger partial charge in [0.25, 0.3) is 0 Å². The number of alkyl carbamates (subject to hydrolysis) is 1. The Hall–Kier alpha value is -1.26. The summed E-state index contributed by atoms with van der Waals surface area (Å²) in [4.78, 5) is 23.6. The number of amides is 1. The fourth-order valence-electron chi connectivity index (χ4n) is 1.36. The fourth-order valence-corrected chi connectivity index (χ4v) is 1.36. The summed E-state index contributed by atoms with van der Waals surface area (Å²) < 4.78 is 10.2. The summed E-state index contributed by atoms with van der Waals surface area (Å²) in [5.74, 6) is -0.163. The van der Waals surface area contributed by atoms with Crippen molar-refractivity contribution in [3.05, 3.63) is 0 Å². The Labute approximate surface area is 116 Å². The van der Waals surface area contributed by atoms with Gasteiger partial charge in [-0.2, -0.15) is 0 Å². The first-order valence-corrected chi connectivity index (χ1v) is 6.97. The summed E-state index contributed by atoms with van der Waals surface area (Å²) in [6, 6.07) is -0.662. The fraction of sp³-hybridized carbons (Fsp3) is 0.857. The van der Waals surface area contributed by atoms with Gasteiger partial charge >= 0.3 is 12.1 Å². The molecule has 112 valence electrons. The Kier molecular flexibility index (Phi) is 8.19. The number of carbonyl (C=O) groups excluding carboxylic acids is 2. The second kappa shape index (κ2) is 8.77. The number of hydrogen-bond acceptors (Lipinski definition) is 4. The average molecular weight is 273 g/mol. The molecule has 1 N–H and O–H groups in total. The van der Waals surface area contributed by atoms with Crippen LogP contribution in [-0.2, 0) is 14.3 Å². The van der Waals surface area contributed by atoms with E-state index in [-0.39, 0.29) is 24.5 Å². The van der Waals surface area contributed by atoms with Crippen LogP contribution in [0.15, 0.2) is 0 Å². The van der Waals surface area contributed by atoms with Crippen LogP contribution in [0.2, 0.25) is 0 Å². The van der Waals surface area contributed by atoms with Crippen LogP contribution in [0.5, 0.6) is 0 Å². The van der Waals surface area contributed by atoms with Crippen LogP contribution in [0.25, 0.3) is 0 Å². The molecule has 0 aromatic rings. The minimum atomic E-state index is -0.662. The van der Waals surface area contributed by atoms with Crippen LogP contribution in [0.1, 0.15) is 48.0 Å². The summed E-state index contributed by atoms with van der Waals surface area (Å²) in [5.41, 5.74) is 0. The van der Waals surface area contributed by atoms with Gasteiger partial charge < -0.3 is 14.8 Å². The third kappa shape index (κ3) is 6.45. The smallest absolute Gasteiger partial charge is 0.407 e.